The molecule has 1 aliphatic rings. The van der Waals surface area contributed by atoms with Crippen molar-refractivity contribution in [3.8, 4) is 5.69 Å². The number of carbonyl (C=O) groups is 2. The molecule has 0 spiro atoms. The monoisotopic (exact) mass is 391 g/mol. The summed E-state index contributed by atoms with van der Waals surface area (Å²) in [5.41, 5.74) is 2.36. The fraction of sp³-hybridized carbons (Fsp3) is 0.150. The third-order valence-electron chi connectivity index (χ3n) is 4.68. The highest BCUT2D eigenvalue weighted by atomic mass is 16.6. The number of hydrogen-bond acceptors (Lipinski definition) is 5. The van der Waals surface area contributed by atoms with Gasteiger partial charge in [0.05, 0.1) is 22.4 Å². The van der Waals surface area contributed by atoms with Crippen LogP contribution in [-0.2, 0) is 4.79 Å². The van der Waals surface area contributed by atoms with Gasteiger partial charge in [-0.05, 0) is 42.8 Å². The molecule has 0 radical (unpaired) electrons. The molecule has 0 atom stereocenters. The molecule has 0 bridgehead atoms. The predicted octanol–water partition coefficient (Wildman–Crippen LogP) is 3.16. The smallest absolute Gasteiger partial charge is 0.269 e. The van der Waals surface area contributed by atoms with E-state index in [1.165, 1.54) is 23.0 Å². The number of anilines is 2. The van der Waals surface area contributed by atoms with Gasteiger partial charge in [-0.1, -0.05) is 0 Å². The number of rotatable bonds is 5. The molecule has 9 heteroatoms. The number of benzene rings is 2. The first kappa shape index (κ1) is 18.4. The topological polar surface area (TPSA) is 110 Å². The van der Waals surface area contributed by atoms with Crippen molar-refractivity contribution in [2.75, 3.05) is 16.8 Å². The molecular weight excluding hydrogens is 374 g/mol. The second-order valence-electron chi connectivity index (χ2n) is 6.60. The largest absolute Gasteiger partial charge is 0.322 e. The Balaban J connectivity index is 1.44. The first-order valence-electron chi connectivity index (χ1n) is 9.02. The summed E-state index contributed by atoms with van der Waals surface area (Å²) >= 11 is 0. The lowest BCUT2D eigenvalue weighted by Crippen LogP contribution is -2.23. The Morgan fingerprint density at radius 1 is 1.07 bits per heavy atom. The highest BCUT2D eigenvalue weighted by Gasteiger charge is 2.21. The predicted molar refractivity (Wildman–Crippen MR) is 106 cm³/mol. The first-order valence-corrected chi connectivity index (χ1v) is 9.02. The molecule has 2 heterocycles. The Labute approximate surface area is 165 Å². The van der Waals surface area contributed by atoms with Crippen LogP contribution in [0.25, 0.3) is 5.69 Å². The normalized spacial score (nSPS) is 13.5. The van der Waals surface area contributed by atoms with Crippen LogP contribution in [-0.4, -0.2) is 33.1 Å². The van der Waals surface area contributed by atoms with E-state index in [2.05, 4.69) is 10.4 Å². The van der Waals surface area contributed by atoms with Crippen LogP contribution in [0.15, 0.2) is 60.9 Å². The van der Waals surface area contributed by atoms with Crippen molar-refractivity contribution < 1.29 is 14.5 Å². The molecule has 1 aromatic heterocycles. The van der Waals surface area contributed by atoms with Crippen molar-refractivity contribution in [3.63, 3.8) is 0 Å². The average Bonchev–Trinajstić information content (AvgIpc) is 3.38. The van der Waals surface area contributed by atoms with Crippen LogP contribution in [0, 0.1) is 10.1 Å². The number of amides is 2. The fourth-order valence-electron chi connectivity index (χ4n) is 3.16. The van der Waals surface area contributed by atoms with E-state index in [9.17, 15) is 19.7 Å². The van der Waals surface area contributed by atoms with Crippen molar-refractivity contribution in [1.82, 2.24) is 9.78 Å². The maximum atomic E-state index is 12.5. The van der Waals surface area contributed by atoms with Crippen molar-refractivity contribution >= 4 is 28.9 Å². The SMILES string of the molecule is O=C(Nc1ccc(N2CCCC2=O)cc1)c1cnn(-c2ccc([N+](=O)[O-])cc2)c1. The van der Waals surface area contributed by atoms with Gasteiger partial charge in [0.25, 0.3) is 11.6 Å². The van der Waals surface area contributed by atoms with Gasteiger partial charge in [0.15, 0.2) is 0 Å². The Morgan fingerprint density at radius 2 is 1.76 bits per heavy atom. The van der Waals surface area contributed by atoms with E-state index in [0.29, 0.717) is 29.9 Å². The van der Waals surface area contributed by atoms with Gasteiger partial charge >= 0.3 is 0 Å². The molecule has 29 heavy (non-hydrogen) atoms. The van der Waals surface area contributed by atoms with E-state index in [4.69, 9.17) is 0 Å². The lowest BCUT2D eigenvalue weighted by molar-refractivity contribution is -0.384. The Kier molecular flexibility index (Phi) is 4.78. The van der Waals surface area contributed by atoms with Crippen LogP contribution < -0.4 is 10.2 Å². The van der Waals surface area contributed by atoms with E-state index in [-0.39, 0.29) is 17.5 Å². The summed E-state index contributed by atoms with van der Waals surface area (Å²) in [6.45, 7) is 0.715. The molecule has 4 rings (SSSR count). The van der Waals surface area contributed by atoms with E-state index in [0.717, 1.165) is 12.1 Å². The van der Waals surface area contributed by atoms with Crippen LogP contribution in [0.2, 0.25) is 0 Å². The Hall–Kier alpha value is -4.01. The molecule has 0 saturated carbocycles. The van der Waals surface area contributed by atoms with Crippen molar-refractivity contribution in [2.24, 2.45) is 0 Å². The summed E-state index contributed by atoms with van der Waals surface area (Å²) in [7, 11) is 0. The molecule has 1 fully saturated rings. The number of nitrogens with one attached hydrogen (secondary N) is 1. The minimum absolute atomic E-state index is 0.0158. The minimum atomic E-state index is -0.476. The zero-order valence-electron chi connectivity index (χ0n) is 15.3. The van der Waals surface area contributed by atoms with Gasteiger partial charge < -0.3 is 10.2 Å². The summed E-state index contributed by atoms with van der Waals surface area (Å²) in [6.07, 6.45) is 4.40. The van der Waals surface area contributed by atoms with Crippen LogP contribution in [0.3, 0.4) is 0 Å². The van der Waals surface area contributed by atoms with Crippen molar-refractivity contribution in [1.29, 1.82) is 0 Å². The number of carbonyl (C=O) groups excluding carboxylic acids is 2. The number of nitro benzene ring substituents is 1. The van der Waals surface area contributed by atoms with Crippen LogP contribution in [0.5, 0.6) is 0 Å². The third kappa shape index (κ3) is 3.84. The molecule has 1 N–H and O–H groups in total. The summed E-state index contributed by atoms with van der Waals surface area (Å²) in [5, 5.41) is 17.7. The average molecular weight is 391 g/mol. The molecule has 0 aliphatic carbocycles. The number of aromatic nitrogens is 2. The van der Waals surface area contributed by atoms with Gasteiger partial charge in [-0.15, -0.1) is 0 Å². The molecule has 9 nitrogen and oxygen atoms in total. The van der Waals surface area contributed by atoms with Crippen molar-refractivity contribution in [2.45, 2.75) is 12.8 Å². The Morgan fingerprint density at radius 3 is 2.38 bits per heavy atom. The molecule has 2 aromatic carbocycles. The van der Waals surface area contributed by atoms with E-state index < -0.39 is 4.92 Å². The van der Waals surface area contributed by atoms with Crippen LogP contribution in [0.4, 0.5) is 17.1 Å². The maximum Gasteiger partial charge on any atom is 0.269 e. The van der Waals surface area contributed by atoms with Gasteiger partial charge in [-0.2, -0.15) is 5.10 Å². The highest BCUT2D eigenvalue weighted by Crippen LogP contribution is 2.23. The fourth-order valence-corrected chi connectivity index (χ4v) is 3.16. The second-order valence-corrected chi connectivity index (χ2v) is 6.60. The maximum absolute atomic E-state index is 12.5. The van der Waals surface area contributed by atoms with E-state index in [1.807, 2.05) is 0 Å². The third-order valence-corrected chi connectivity index (χ3v) is 4.68. The first-order chi connectivity index (χ1) is 14.0. The molecule has 146 valence electrons. The number of non-ortho nitro benzene ring substituents is 1. The summed E-state index contributed by atoms with van der Waals surface area (Å²) < 4.78 is 1.47. The highest BCUT2D eigenvalue weighted by molar-refractivity contribution is 6.04. The molecule has 1 saturated heterocycles. The number of hydrogen-bond donors (Lipinski definition) is 1. The summed E-state index contributed by atoms with van der Waals surface area (Å²) in [6, 6.07) is 13.0. The van der Waals surface area contributed by atoms with Crippen LogP contribution in [0.1, 0.15) is 23.2 Å². The van der Waals surface area contributed by atoms with Gasteiger partial charge in [-0.3, -0.25) is 19.7 Å². The molecule has 2 amide bonds. The molecule has 1 aliphatic heterocycles. The molecule has 0 unspecified atom stereocenters. The standard InChI is InChI=1S/C20H17N5O4/c26-19-2-1-11-23(19)16-5-3-15(4-6-16)22-20(27)14-12-21-24(13-14)17-7-9-18(10-8-17)25(28)29/h3-10,12-13H,1-2,11H2,(H,22,27). The molecule has 3 aromatic rings. The second kappa shape index (κ2) is 7.55. The van der Waals surface area contributed by atoms with Gasteiger partial charge in [0.1, 0.15) is 0 Å². The summed E-state index contributed by atoms with van der Waals surface area (Å²) in [5.74, 6) is -0.219. The zero-order valence-corrected chi connectivity index (χ0v) is 15.3. The van der Waals surface area contributed by atoms with Crippen molar-refractivity contribution in [3.05, 3.63) is 76.6 Å². The van der Waals surface area contributed by atoms with Gasteiger partial charge in [-0.25, -0.2) is 4.68 Å². The zero-order chi connectivity index (χ0) is 20.4. The lowest BCUT2D eigenvalue weighted by atomic mass is 10.2. The summed E-state index contributed by atoms with van der Waals surface area (Å²) in [4.78, 5) is 36.3. The quantitative estimate of drug-likeness (QED) is 0.531. The van der Waals surface area contributed by atoms with Gasteiger partial charge in [0, 0.05) is 42.7 Å². The Bertz CT molecular complexity index is 1070. The van der Waals surface area contributed by atoms with E-state index >= 15 is 0 Å². The minimum Gasteiger partial charge on any atom is -0.322 e. The lowest BCUT2D eigenvalue weighted by Gasteiger charge is -2.16. The number of nitrogens with zero attached hydrogens (tertiary/aromatic N) is 4. The van der Waals surface area contributed by atoms with Crippen LogP contribution >= 0.6 is 0 Å². The molecular formula is C20H17N5O4. The van der Waals surface area contributed by atoms with Gasteiger partial charge in [0.2, 0.25) is 5.91 Å². The number of nitro groups is 1. The van der Waals surface area contributed by atoms with E-state index in [1.54, 1.807) is 47.5 Å².